The SMILES string of the molecule is Cn1cc(-c2ccc(C[C@H](NC(=O)CC3CCN(C(=O)CCc4cccc(F)c4)CC3)C(=O)O)cc2)cn1. The number of aromatic nitrogens is 2. The molecule has 1 saturated heterocycles. The summed E-state index contributed by atoms with van der Waals surface area (Å²) in [5, 5.41) is 16.5. The Morgan fingerprint density at radius 1 is 1.08 bits per heavy atom. The van der Waals surface area contributed by atoms with Gasteiger partial charge in [-0.1, -0.05) is 36.4 Å². The van der Waals surface area contributed by atoms with Gasteiger partial charge in [-0.2, -0.15) is 5.10 Å². The van der Waals surface area contributed by atoms with Crippen LogP contribution >= 0.6 is 0 Å². The fourth-order valence-electron chi connectivity index (χ4n) is 4.84. The van der Waals surface area contributed by atoms with Crippen molar-refractivity contribution in [3.05, 3.63) is 77.9 Å². The van der Waals surface area contributed by atoms with Crippen LogP contribution in [0.2, 0.25) is 0 Å². The number of carbonyl (C=O) groups excluding carboxylic acids is 2. The summed E-state index contributed by atoms with van der Waals surface area (Å²) in [5.74, 6) is -1.56. The van der Waals surface area contributed by atoms with Crippen molar-refractivity contribution < 1.29 is 23.9 Å². The quantitative estimate of drug-likeness (QED) is 0.425. The zero-order valence-electron chi connectivity index (χ0n) is 21.5. The number of carboxylic acid groups (broad SMARTS) is 1. The van der Waals surface area contributed by atoms with Gasteiger partial charge in [0.1, 0.15) is 11.9 Å². The molecule has 0 spiro atoms. The molecule has 0 saturated carbocycles. The number of nitrogens with one attached hydrogen (secondary N) is 1. The van der Waals surface area contributed by atoms with Crippen molar-refractivity contribution in [3.63, 3.8) is 0 Å². The molecule has 3 aromatic rings. The molecule has 0 radical (unpaired) electrons. The standard InChI is InChI=1S/C29H33FN4O4/c1-33-19-24(18-31-33)23-8-5-21(6-9-23)16-26(29(37)38)32-27(35)17-22-11-13-34(14-12-22)28(36)10-7-20-3-2-4-25(30)15-20/h2-6,8-9,15,18-19,22,26H,7,10-14,16-17H2,1H3,(H,32,35)(H,37,38)/t26-/m0/s1. The van der Waals surface area contributed by atoms with E-state index >= 15 is 0 Å². The lowest BCUT2D eigenvalue weighted by molar-refractivity contribution is -0.142. The molecular formula is C29H33FN4O4. The summed E-state index contributed by atoms with van der Waals surface area (Å²) < 4.78 is 15.1. The van der Waals surface area contributed by atoms with Gasteiger partial charge in [-0.25, -0.2) is 9.18 Å². The molecule has 9 heteroatoms. The van der Waals surface area contributed by atoms with Gasteiger partial charge in [0.25, 0.3) is 0 Å². The molecule has 4 rings (SSSR count). The smallest absolute Gasteiger partial charge is 0.326 e. The summed E-state index contributed by atoms with van der Waals surface area (Å²) in [7, 11) is 1.85. The van der Waals surface area contributed by atoms with Crippen LogP contribution in [-0.2, 0) is 34.3 Å². The molecule has 2 aromatic carbocycles. The van der Waals surface area contributed by atoms with E-state index in [2.05, 4.69) is 10.4 Å². The Hall–Kier alpha value is -4.01. The first-order valence-corrected chi connectivity index (χ1v) is 12.9. The third kappa shape index (κ3) is 7.50. The van der Waals surface area contributed by atoms with E-state index in [4.69, 9.17) is 0 Å². The van der Waals surface area contributed by atoms with Crippen LogP contribution in [0.5, 0.6) is 0 Å². The number of hydrogen-bond acceptors (Lipinski definition) is 4. The highest BCUT2D eigenvalue weighted by Crippen LogP contribution is 2.22. The second kappa shape index (κ2) is 12.5. The average Bonchev–Trinajstić information content (AvgIpc) is 3.34. The maximum Gasteiger partial charge on any atom is 0.326 e. The lowest BCUT2D eigenvalue weighted by atomic mass is 9.92. The Morgan fingerprint density at radius 3 is 2.45 bits per heavy atom. The van der Waals surface area contributed by atoms with Crippen LogP contribution in [0.15, 0.2) is 60.9 Å². The minimum Gasteiger partial charge on any atom is -0.480 e. The van der Waals surface area contributed by atoms with Crippen LogP contribution in [-0.4, -0.2) is 56.7 Å². The van der Waals surface area contributed by atoms with Crippen LogP contribution in [0, 0.1) is 11.7 Å². The van der Waals surface area contributed by atoms with E-state index in [-0.39, 0.29) is 36.4 Å². The number of carboxylic acids is 1. The number of hydrogen-bond donors (Lipinski definition) is 2. The van der Waals surface area contributed by atoms with E-state index in [1.165, 1.54) is 12.1 Å². The summed E-state index contributed by atoms with van der Waals surface area (Å²) in [6.45, 7) is 1.12. The summed E-state index contributed by atoms with van der Waals surface area (Å²) >= 11 is 0. The van der Waals surface area contributed by atoms with Crippen molar-refractivity contribution >= 4 is 17.8 Å². The third-order valence-corrected chi connectivity index (χ3v) is 7.02. The van der Waals surface area contributed by atoms with Crippen LogP contribution in [0.3, 0.4) is 0 Å². The van der Waals surface area contributed by atoms with Crippen molar-refractivity contribution in [2.45, 2.75) is 44.6 Å². The minimum atomic E-state index is -1.08. The number of likely N-dealkylation sites (tertiary alicyclic amines) is 1. The fraction of sp³-hybridized carbons (Fsp3) is 0.379. The second-order valence-electron chi connectivity index (χ2n) is 9.92. The fourth-order valence-corrected chi connectivity index (χ4v) is 4.84. The largest absolute Gasteiger partial charge is 0.480 e. The number of aliphatic carboxylic acids is 1. The zero-order chi connectivity index (χ0) is 27.1. The second-order valence-corrected chi connectivity index (χ2v) is 9.92. The summed E-state index contributed by atoms with van der Waals surface area (Å²) in [5.41, 5.74) is 3.57. The maximum absolute atomic E-state index is 13.3. The van der Waals surface area contributed by atoms with Crippen molar-refractivity contribution in [2.24, 2.45) is 13.0 Å². The van der Waals surface area contributed by atoms with E-state index in [0.29, 0.717) is 38.8 Å². The first-order chi connectivity index (χ1) is 18.3. The molecular weight excluding hydrogens is 487 g/mol. The van der Waals surface area contributed by atoms with Gasteiger partial charge >= 0.3 is 5.97 Å². The van der Waals surface area contributed by atoms with Gasteiger partial charge in [0.05, 0.1) is 6.20 Å². The molecule has 1 aliphatic heterocycles. The average molecular weight is 521 g/mol. The molecule has 38 heavy (non-hydrogen) atoms. The van der Waals surface area contributed by atoms with Crippen molar-refractivity contribution in [2.75, 3.05) is 13.1 Å². The summed E-state index contributed by atoms with van der Waals surface area (Å²) in [4.78, 5) is 38.9. The maximum atomic E-state index is 13.3. The van der Waals surface area contributed by atoms with Crippen molar-refractivity contribution in [3.8, 4) is 11.1 Å². The zero-order valence-corrected chi connectivity index (χ0v) is 21.5. The molecule has 2 N–H and O–H groups in total. The highest BCUT2D eigenvalue weighted by molar-refractivity contribution is 5.84. The Balaban J connectivity index is 1.21. The molecule has 0 unspecified atom stereocenters. The number of aryl methyl sites for hydroxylation is 2. The molecule has 1 fully saturated rings. The predicted octanol–water partition coefficient (Wildman–Crippen LogP) is 3.60. The molecule has 8 nitrogen and oxygen atoms in total. The van der Waals surface area contributed by atoms with Crippen molar-refractivity contribution in [1.82, 2.24) is 20.0 Å². The van der Waals surface area contributed by atoms with E-state index in [1.54, 1.807) is 21.8 Å². The number of carbonyl (C=O) groups is 3. The van der Waals surface area contributed by atoms with Crippen LogP contribution in [0.25, 0.3) is 11.1 Å². The lowest BCUT2D eigenvalue weighted by Crippen LogP contribution is -2.44. The van der Waals surface area contributed by atoms with Crippen LogP contribution in [0.4, 0.5) is 4.39 Å². The van der Waals surface area contributed by atoms with Gasteiger partial charge in [0.2, 0.25) is 11.8 Å². The van der Waals surface area contributed by atoms with Gasteiger partial charge in [-0.15, -0.1) is 0 Å². The monoisotopic (exact) mass is 520 g/mol. The van der Waals surface area contributed by atoms with Crippen molar-refractivity contribution in [1.29, 1.82) is 0 Å². The number of halogens is 1. The van der Waals surface area contributed by atoms with Gasteiger partial charge in [0, 0.05) is 51.2 Å². The van der Waals surface area contributed by atoms with Crippen LogP contribution in [0.1, 0.15) is 36.8 Å². The molecule has 0 aliphatic carbocycles. The number of benzene rings is 2. The first kappa shape index (κ1) is 27.0. The van der Waals surface area contributed by atoms with E-state index in [1.807, 2.05) is 43.6 Å². The normalized spacial score (nSPS) is 14.7. The van der Waals surface area contributed by atoms with Crippen LogP contribution < -0.4 is 5.32 Å². The molecule has 200 valence electrons. The highest BCUT2D eigenvalue weighted by Gasteiger charge is 2.26. The van der Waals surface area contributed by atoms with Gasteiger partial charge in [-0.3, -0.25) is 14.3 Å². The Kier molecular flexibility index (Phi) is 8.89. The van der Waals surface area contributed by atoms with Gasteiger partial charge < -0.3 is 15.3 Å². The molecule has 0 bridgehead atoms. The van der Waals surface area contributed by atoms with E-state index < -0.39 is 12.0 Å². The van der Waals surface area contributed by atoms with Gasteiger partial charge in [-0.05, 0) is 54.0 Å². The minimum absolute atomic E-state index is 0.0256. The Morgan fingerprint density at radius 2 is 1.82 bits per heavy atom. The lowest BCUT2D eigenvalue weighted by Gasteiger charge is -2.32. The predicted molar refractivity (Wildman–Crippen MR) is 141 cm³/mol. The van der Waals surface area contributed by atoms with E-state index in [9.17, 15) is 23.9 Å². The topological polar surface area (TPSA) is 105 Å². The molecule has 1 aliphatic rings. The summed E-state index contributed by atoms with van der Waals surface area (Å²) in [6.07, 6.45) is 6.27. The van der Waals surface area contributed by atoms with E-state index in [0.717, 1.165) is 22.3 Å². The third-order valence-electron chi connectivity index (χ3n) is 7.02. The number of rotatable bonds is 10. The number of nitrogens with zero attached hydrogens (tertiary/aromatic N) is 3. The Labute approximate surface area is 221 Å². The number of amides is 2. The van der Waals surface area contributed by atoms with Gasteiger partial charge in [0.15, 0.2) is 0 Å². The molecule has 2 amide bonds. The summed E-state index contributed by atoms with van der Waals surface area (Å²) in [6, 6.07) is 12.8. The molecule has 2 heterocycles. The molecule has 1 aromatic heterocycles. The highest BCUT2D eigenvalue weighted by atomic mass is 19.1. The number of piperidine rings is 1. The Bertz CT molecular complexity index is 1270. The molecule has 1 atom stereocenters. The first-order valence-electron chi connectivity index (χ1n) is 12.9.